The maximum Gasteiger partial charge on any atom is 0.239 e. The Morgan fingerprint density at radius 1 is 1.22 bits per heavy atom. The average Bonchev–Trinajstić information content (AvgIpc) is 3.12. The lowest BCUT2D eigenvalue weighted by atomic mass is 10.1. The Bertz CT molecular complexity index is 579. The van der Waals surface area contributed by atoms with Crippen molar-refractivity contribution in [2.24, 2.45) is 4.99 Å². The molecule has 0 radical (unpaired) electrons. The molecule has 6 nitrogen and oxygen atoms in total. The van der Waals surface area contributed by atoms with E-state index in [1.54, 1.807) is 11.9 Å². The van der Waals surface area contributed by atoms with Gasteiger partial charge in [0.05, 0.1) is 6.04 Å². The largest absolute Gasteiger partial charge is 0.356 e. The Hall–Kier alpha value is -1.35. The molecule has 2 rings (SSSR count). The third-order valence-corrected chi connectivity index (χ3v) is 4.78. The summed E-state index contributed by atoms with van der Waals surface area (Å²) in [4.78, 5) is 20.5. The summed E-state index contributed by atoms with van der Waals surface area (Å²) in [6, 6.07) is 10.5. The number of likely N-dealkylation sites (N-methyl/N-ethyl adjacent to an activating group) is 1. The number of nitrogens with zero attached hydrogens (tertiary/aromatic N) is 3. The van der Waals surface area contributed by atoms with Gasteiger partial charge in [-0.15, -0.1) is 24.0 Å². The predicted octanol–water partition coefficient (Wildman–Crippen LogP) is 1.95. The van der Waals surface area contributed by atoms with E-state index < -0.39 is 0 Å². The second-order valence-electron chi connectivity index (χ2n) is 6.94. The smallest absolute Gasteiger partial charge is 0.239 e. The van der Waals surface area contributed by atoms with E-state index in [0.717, 1.165) is 57.8 Å². The van der Waals surface area contributed by atoms with Crippen molar-refractivity contribution in [1.29, 1.82) is 0 Å². The van der Waals surface area contributed by atoms with Gasteiger partial charge in [0.1, 0.15) is 0 Å². The fourth-order valence-electron chi connectivity index (χ4n) is 3.35. The molecule has 1 saturated heterocycles. The highest BCUT2D eigenvalue weighted by Crippen LogP contribution is 2.18. The molecule has 152 valence electrons. The number of carbonyl (C=O) groups is 1. The predicted molar refractivity (Wildman–Crippen MR) is 123 cm³/mol. The van der Waals surface area contributed by atoms with Crippen LogP contribution in [0.1, 0.15) is 24.8 Å². The summed E-state index contributed by atoms with van der Waals surface area (Å²) in [6.45, 7) is 3.67. The van der Waals surface area contributed by atoms with Crippen molar-refractivity contribution in [3.05, 3.63) is 35.9 Å². The number of benzene rings is 1. The van der Waals surface area contributed by atoms with Crippen molar-refractivity contribution in [2.45, 2.75) is 31.7 Å². The molecule has 0 spiro atoms. The highest BCUT2D eigenvalue weighted by atomic mass is 127. The van der Waals surface area contributed by atoms with Crippen LogP contribution in [0.4, 0.5) is 0 Å². The van der Waals surface area contributed by atoms with E-state index in [2.05, 4.69) is 44.8 Å². The van der Waals surface area contributed by atoms with Crippen LogP contribution in [0.2, 0.25) is 0 Å². The van der Waals surface area contributed by atoms with Crippen LogP contribution in [0.3, 0.4) is 0 Å². The number of amides is 1. The first-order chi connectivity index (χ1) is 12.6. The van der Waals surface area contributed by atoms with E-state index in [4.69, 9.17) is 0 Å². The summed E-state index contributed by atoms with van der Waals surface area (Å²) in [7, 11) is 5.47. The molecule has 0 aliphatic carbocycles. The second kappa shape index (κ2) is 12.9. The first kappa shape index (κ1) is 23.7. The van der Waals surface area contributed by atoms with Gasteiger partial charge in [-0.1, -0.05) is 30.3 Å². The summed E-state index contributed by atoms with van der Waals surface area (Å²) in [6.07, 6.45) is 4.06. The standard InChI is InChI=1S/C20H33N5O.HI/c1-21-20(23-14-12-17-9-5-4-6-10-17)22-13-8-16-25-15-7-11-18(25)19(26)24(2)3;/h4-6,9-10,18H,7-8,11-16H2,1-3H3,(H2,21,22,23);1H. The van der Waals surface area contributed by atoms with Crippen molar-refractivity contribution < 1.29 is 4.79 Å². The van der Waals surface area contributed by atoms with Crippen molar-refractivity contribution in [1.82, 2.24) is 20.4 Å². The van der Waals surface area contributed by atoms with Crippen molar-refractivity contribution in [2.75, 3.05) is 47.3 Å². The Kier molecular flexibility index (Phi) is 11.3. The topological polar surface area (TPSA) is 60.0 Å². The number of hydrogen-bond donors (Lipinski definition) is 2. The Labute approximate surface area is 180 Å². The number of rotatable bonds is 8. The molecule has 7 heteroatoms. The molecule has 0 bridgehead atoms. The molecule has 1 aromatic rings. The molecule has 1 heterocycles. The van der Waals surface area contributed by atoms with Crippen molar-refractivity contribution in [3.63, 3.8) is 0 Å². The van der Waals surface area contributed by atoms with E-state index in [-0.39, 0.29) is 35.9 Å². The average molecular weight is 487 g/mol. The van der Waals surface area contributed by atoms with Crippen LogP contribution in [-0.4, -0.2) is 75.0 Å². The molecule has 1 aliphatic heterocycles. The van der Waals surface area contributed by atoms with Gasteiger partial charge < -0.3 is 15.5 Å². The highest BCUT2D eigenvalue weighted by molar-refractivity contribution is 14.0. The summed E-state index contributed by atoms with van der Waals surface area (Å²) >= 11 is 0. The molecule has 1 aliphatic rings. The molecule has 1 fully saturated rings. The lowest BCUT2D eigenvalue weighted by Gasteiger charge is -2.26. The van der Waals surface area contributed by atoms with Crippen molar-refractivity contribution >= 4 is 35.8 Å². The fourth-order valence-corrected chi connectivity index (χ4v) is 3.35. The summed E-state index contributed by atoms with van der Waals surface area (Å²) in [5.41, 5.74) is 1.32. The minimum atomic E-state index is 0. The van der Waals surface area contributed by atoms with Gasteiger partial charge in [-0.2, -0.15) is 0 Å². The lowest BCUT2D eigenvalue weighted by molar-refractivity contribution is -0.133. The van der Waals surface area contributed by atoms with Gasteiger partial charge in [-0.25, -0.2) is 0 Å². The SMILES string of the molecule is CN=C(NCCCN1CCCC1C(=O)N(C)C)NCCc1ccccc1.I. The van der Waals surface area contributed by atoms with E-state index in [1.165, 1.54) is 5.56 Å². The number of aliphatic imine (C=N–C) groups is 1. The molecule has 2 N–H and O–H groups in total. The Balaban J connectivity index is 0.00000364. The molecular weight excluding hydrogens is 453 g/mol. The van der Waals surface area contributed by atoms with Gasteiger partial charge in [0.25, 0.3) is 0 Å². The molecule has 0 aromatic heterocycles. The normalized spacial score (nSPS) is 17.3. The number of hydrogen-bond acceptors (Lipinski definition) is 3. The van der Waals surface area contributed by atoms with Gasteiger partial charge in [0.2, 0.25) is 5.91 Å². The first-order valence-corrected chi connectivity index (χ1v) is 9.55. The Morgan fingerprint density at radius 3 is 2.59 bits per heavy atom. The third kappa shape index (κ3) is 8.04. The van der Waals surface area contributed by atoms with E-state index >= 15 is 0 Å². The van der Waals surface area contributed by atoms with Crippen LogP contribution in [-0.2, 0) is 11.2 Å². The van der Waals surface area contributed by atoms with Crippen LogP contribution < -0.4 is 10.6 Å². The zero-order valence-corrected chi connectivity index (χ0v) is 19.1. The summed E-state index contributed by atoms with van der Waals surface area (Å²) < 4.78 is 0. The maximum atomic E-state index is 12.2. The van der Waals surface area contributed by atoms with Crippen LogP contribution in [0.15, 0.2) is 35.3 Å². The summed E-state index contributed by atoms with van der Waals surface area (Å²) in [5.74, 6) is 1.07. The maximum absolute atomic E-state index is 12.2. The van der Waals surface area contributed by atoms with Gasteiger partial charge in [0, 0.05) is 40.8 Å². The van der Waals surface area contributed by atoms with Gasteiger partial charge >= 0.3 is 0 Å². The molecule has 27 heavy (non-hydrogen) atoms. The lowest BCUT2D eigenvalue weighted by Crippen LogP contribution is -2.44. The van der Waals surface area contributed by atoms with Crippen LogP contribution in [0, 0.1) is 0 Å². The number of nitrogens with one attached hydrogen (secondary N) is 2. The number of guanidine groups is 1. The minimum Gasteiger partial charge on any atom is -0.356 e. The number of halogens is 1. The monoisotopic (exact) mass is 487 g/mol. The zero-order valence-electron chi connectivity index (χ0n) is 16.8. The second-order valence-corrected chi connectivity index (χ2v) is 6.94. The van der Waals surface area contributed by atoms with Gasteiger partial charge in [-0.05, 0) is 37.8 Å². The fraction of sp³-hybridized carbons (Fsp3) is 0.600. The molecule has 1 amide bonds. The summed E-state index contributed by atoms with van der Waals surface area (Å²) in [5, 5.41) is 6.72. The van der Waals surface area contributed by atoms with Crippen LogP contribution in [0.25, 0.3) is 0 Å². The molecule has 1 atom stereocenters. The zero-order chi connectivity index (χ0) is 18.8. The highest BCUT2D eigenvalue weighted by Gasteiger charge is 2.30. The van der Waals surface area contributed by atoms with Crippen molar-refractivity contribution in [3.8, 4) is 0 Å². The van der Waals surface area contributed by atoms with E-state index in [9.17, 15) is 4.79 Å². The van der Waals surface area contributed by atoms with Crippen LogP contribution >= 0.6 is 24.0 Å². The van der Waals surface area contributed by atoms with Gasteiger partial charge in [-0.3, -0.25) is 14.7 Å². The van der Waals surface area contributed by atoms with Crippen LogP contribution in [0.5, 0.6) is 0 Å². The van der Waals surface area contributed by atoms with E-state index in [1.807, 2.05) is 20.2 Å². The number of likely N-dealkylation sites (tertiary alicyclic amines) is 1. The molecule has 1 unspecified atom stereocenters. The molecule has 0 saturated carbocycles. The number of carbonyl (C=O) groups excluding carboxylic acids is 1. The Morgan fingerprint density at radius 2 is 1.93 bits per heavy atom. The minimum absolute atomic E-state index is 0. The molecular formula is C20H34IN5O. The third-order valence-electron chi connectivity index (χ3n) is 4.78. The molecule has 1 aromatic carbocycles. The quantitative estimate of drug-likeness (QED) is 0.255. The van der Waals surface area contributed by atoms with Gasteiger partial charge in [0.15, 0.2) is 5.96 Å². The van der Waals surface area contributed by atoms with E-state index in [0.29, 0.717) is 0 Å². The first-order valence-electron chi connectivity index (χ1n) is 9.55.